The molecular formula is C29H33ClN4O. The first-order valence-corrected chi connectivity index (χ1v) is 12.8. The summed E-state index contributed by atoms with van der Waals surface area (Å²) in [4.78, 5) is 22.6. The molecule has 0 spiro atoms. The van der Waals surface area contributed by atoms with Gasteiger partial charge in [-0.15, -0.1) is 0 Å². The van der Waals surface area contributed by atoms with E-state index in [0.29, 0.717) is 10.6 Å². The fourth-order valence-electron chi connectivity index (χ4n) is 5.38. The van der Waals surface area contributed by atoms with Crippen LogP contribution in [0.3, 0.4) is 0 Å². The van der Waals surface area contributed by atoms with Gasteiger partial charge >= 0.3 is 0 Å². The number of aryl methyl sites for hydroxylation is 2. The second kappa shape index (κ2) is 10.00. The number of aromatic nitrogens is 1. The van der Waals surface area contributed by atoms with Gasteiger partial charge in [0, 0.05) is 54.7 Å². The molecule has 6 heteroatoms. The number of likely N-dealkylation sites (N-methyl/N-ethyl adjacent to an activating group) is 1. The topological polar surface area (TPSA) is 48.5 Å². The highest BCUT2D eigenvalue weighted by atomic mass is 35.5. The lowest BCUT2D eigenvalue weighted by Gasteiger charge is -2.37. The molecule has 2 heterocycles. The lowest BCUT2D eigenvalue weighted by atomic mass is 9.84. The number of carbonyl (C=O) groups excluding carboxylic acids is 1. The summed E-state index contributed by atoms with van der Waals surface area (Å²) in [6.45, 7) is 8.49. The Morgan fingerprint density at radius 3 is 2.51 bits per heavy atom. The number of piperazine rings is 1. The molecule has 0 radical (unpaired) electrons. The molecule has 35 heavy (non-hydrogen) atoms. The molecule has 0 bridgehead atoms. The molecule has 0 saturated carbocycles. The fraction of sp³-hybridized carbons (Fsp3) is 0.379. The Morgan fingerprint density at radius 1 is 1.00 bits per heavy atom. The zero-order valence-electron chi connectivity index (χ0n) is 20.8. The predicted molar refractivity (Wildman–Crippen MR) is 144 cm³/mol. The fourth-order valence-corrected chi connectivity index (χ4v) is 5.60. The van der Waals surface area contributed by atoms with Crippen molar-refractivity contribution in [1.29, 1.82) is 0 Å². The molecule has 1 aliphatic heterocycles. The van der Waals surface area contributed by atoms with Gasteiger partial charge in [-0.2, -0.15) is 0 Å². The number of rotatable bonds is 4. The summed E-state index contributed by atoms with van der Waals surface area (Å²) in [6.07, 6.45) is 4.51. The molecule has 2 aliphatic rings. The summed E-state index contributed by atoms with van der Waals surface area (Å²) in [6, 6.07) is 14.2. The number of hydrogen-bond acceptors (Lipinski definition) is 4. The van der Waals surface area contributed by atoms with E-state index in [1.807, 2.05) is 37.3 Å². The van der Waals surface area contributed by atoms with Crippen LogP contribution in [0.25, 0.3) is 11.3 Å². The van der Waals surface area contributed by atoms with E-state index in [4.69, 9.17) is 11.6 Å². The van der Waals surface area contributed by atoms with Crippen molar-refractivity contribution in [1.82, 2.24) is 15.2 Å². The molecule has 182 valence electrons. The summed E-state index contributed by atoms with van der Waals surface area (Å²) in [5.41, 5.74) is 9.12. The number of nitrogens with one attached hydrogen (secondary N) is 1. The maximum Gasteiger partial charge on any atom is 0.253 e. The molecule has 1 atom stereocenters. The molecule has 2 aromatic carbocycles. The maximum atomic E-state index is 13.1. The van der Waals surface area contributed by atoms with Crippen LogP contribution < -0.4 is 10.2 Å². The Morgan fingerprint density at radius 2 is 1.80 bits per heavy atom. The lowest BCUT2D eigenvalue weighted by molar-refractivity contribution is 0.0933. The normalized spacial score (nSPS) is 18.3. The van der Waals surface area contributed by atoms with Gasteiger partial charge in [0.25, 0.3) is 5.91 Å². The van der Waals surface area contributed by atoms with E-state index in [1.165, 1.54) is 22.4 Å². The quantitative estimate of drug-likeness (QED) is 0.557. The van der Waals surface area contributed by atoms with Gasteiger partial charge in [0.2, 0.25) is 0 Å². The molecule has 1 aromatic heterocycles. The van der Waals surface area contributed by atoms with Crippen LogP contribution in [0.2, 0.25) is 5.02 Å². The third-order valence-corrected chi connectivity index (χ3v) is 7.74. The minimum Gasteiger partial charge on any atom is -0.369 e. The third kappa shape index (κ3) is 5.07. The van der Waals surface area contributed by atoms with Crippen LogP contribution in [0, 0.1) is 13.8 Å². The van der Waals surface area contributed by atoms with Gasteiger partial charge in [0.1, 0.15) is 0 Å². The highest BCUT2D eigenvalue weighted by Gasteiger charge is 2.27. The largest absolute Gasteiger partial charge is 0.369 e. The second-order valence-electron chi connectivity index (χ2n) is 9.95. The van der Waals surface area contributed by atoms with Gasteiger partial charge in [0.15, 0.2) is 0 Å². The van der Waals surface area contributed by atoms with Crippen LogP contribution in [0.15, 0.2) is 48.7 Å². The summed E-state index contributed by atoms with van der Waals surface area (Å²) < 4.78 is 0. The van der Waals surface area contributed by atoms with Crippen LogP contribution in [0.5, 0.6) is 0 Å². The number of amides is 1. The molecule has 1 N–H and O–H groups in total. The lowest BCUT2D eigenvalue weighted by Crippen LogP contribution is -2.45. The molecule has 0 unspecified atom stereocenters. The van der Waals surface area contributed by atoms with Crippen molar-refractivity contribution in [2.24, 2.45) is 0 Å². The number of benzene rings is 2. The number of pyridine rings is 1. The molecule has 1 amide bonds. The van der Waals surface area contributed by atoms with Crippen molar-refractivity contribution in [3.63, 3.8) is 0 Å². The summed E-state index contributed by atoms with van der Waals surface area (Å²) in [5.74, 6) is -0.0564. The number of anilines is 1. The van der Waals surface area contributed by atoms with E-state index in [1.54, 1.807) is 6.20 Å². The van der Waals surface area contributed by atoms with E-state index in [2.05, 4.69) is 46.2 Å². The average Bonchev–Trinajstić information content (AvgIpc) is 2.85. The second-order valence-corrected chi connectivity index (χ2v) is 10.4. The minimum atomic E-state index is -0.0564. The Kier molecular flexibility index (Phi) is 6.81. The van der Waals surface area contributed by atoms with E-state index in [9.17, 15) is 4.79 Å². The van der Waals surface area contributed by atoms with Gasteiger partial charge < -0.3 is 15.1 Å². The standard InChI is InChI=1S/C29H33ClN4O/c1-19-4-11-28(34-14-12-33(3)13-15-34)26-17-23(7-9-24(19)26)32-29(35)21-5-10-27(31-18-21)25-8-6-22(30)16-20(25)2/h4-6,8,10-11,16,18,23H,7,9,12-15,17H2,1-3H3,(H,32,35)/t23-/m0/s1. The maximum absolute atomic E-state index is 13.1. The predicted octanol–water partition coefficient (Wildman–Crippen LogP) is 5.06. The third-order valence-electron chi connectivity index (χ3n) is 7.50. The monoisotopic (exact) mass is 488 g/mol. The van der Waals surface area contributed by atoms with Gasteiger partial charge in [-0.1, -0.05) is 23.7 Å². The Hall–Kier alpha value is -2.89. The van der Waals surface area contributed by atoms with Crippen LogP contribution in [-0.2, 0) is 12.8 Å². The Labute approximate surface area is 213 Å². The molecule has 1 aliphatic carbocycles. The van der Waals surface area contributed by atoms with E-state index in [-0.39, 0.29) is 11.9 Å². The van der Waals surface area contributed by atoms with Crippen molar-refractivity contribution < 1.29 is 4.79 Å². The number of carbonyl (C=O) groups is 1. The molecule has 1 fully saturated rings. The first kappa shape index (κ1) is 23.8. The smallest absolute Gasteiger partial charge is 0.253 e. The van der Waals surface area contributed by atoms with E-state index < -0.39 is 0 Å². The number of hydrogen-bond donors (Lipinski definition) is 1. The van der Waals surface area contributed by atoms with Crippen molar-refractivity contribution in [2.45, 2.75) is 39.2 Å². The van der Waals surface area contributed by atoms with Crippen molar-refractivity contribution in [3.05, 3.63) is 81.5 Å². The summed E-state index contributed by atoms with van der Waals surface area (Å²) >= 11 is 6.09. The highest BCUT2D eigenvalue weighted by molar-refractivity contribution is 6.30. The zero-order valence-corrected chi connectivity index (χ0v) is 21.5. The Balaban J connectivity index is 1.30. The molecule has 5 rings (SSSR count). The molecular weight excluding hydrogens is 456 g/mol. The SMILES string of the molecule is Cc1cc(Cl)ccc1-c1ccc(C(=O)N[C@H]2CCc3c(C)ccc(N4CCN(C)CC4)c3C2)cn1. The zero-order chi connectivity index (χ0) is 24.5. The molecule has 1 saturated heterocycles. The minimum absolute atomic E-state index is 0.0564. The van der Waals surface area contributed by atoms with Gasteiger partial charge in [-0.3, -0.25) is 9.78 Å². The first-order chi connectivity index (χ1) is 16.9. The van der Waals surface area contributed by atoms with E-state index >= 15 is 0 Å². The van der Waals surface area contributed by atoms with Crippen molar-refractivity contribution >= 4 is 23.2 Å². The first-order valence-electron chi connectivity index (χ1n) is 12.5. The summed E-state index contributed by atoms with van der Waals surface area (Å²) in [5, 5.41) is 4.00. The van der Waals surface area contributed by atoms with E-state index in [0.717, 1.165) is 62.3 Å². The molecule has 5 nitrogen and oxygen atoms in total. The highest BCUT2D eigenvalue weighted by Crippen LogP contribution is 2.33. The van der Waals surface area contributed by atoms with Crippen LogP contribution in [-0.4, -0.2) is 55.1 Å². The number of fused-ring (bicyclic) bond motifs is 1. The van der Waals surface area contributed by atoms with Gasteiger partial charge in [-0.25, -0.2) is 0 Å². The number of nitrogens with zero attached hydrogens (tertiary/aromatic N) is 3. The van der Waals surface area contributed by atoms with Crippen LogP contribution in [0.1, 0.15) is 39.0 Å². The van der Waals surface area contributed by atoms with Gasteiger partial charge in [-0.05, 0) is 92.7 Å². The number of halogens is 1. The van der Waals surface area contributed by atoms with Crippen LogP contribution in [0.4, 0.5) is 5.69 Å². The van der Waals surface area contributed by atoms with Crippen molar-refractivity contribution in [2.75, 3.05) is 38.1 Å². The molecule has 3 aromatic rings. The van der Waals surface area contributed by atoms with Gasteiger partial charge in [0.05, 0.1) is 11.3 Å². The van der Waals surface area contributed by atoms with Crippen LogP contribution >= 0.6 is 11.6 Å². The van der Waals surface area contributed by atoms with Crippen molar-refractivity contribution in [3.8, 4) is 11.3 Å². The average molecular weight is 489 g/mol. The summed E-state index contributed by atoms with van der Waals surface area (Å²) in [7, 11) is 2.19. The Bertz CT molecular complexity index is 1230.